The van der Waals surface area contributed by atoms with Crippen LogP contribution in [-0.2, 0) is 28.9 Å². The molecule has 0 fully saturated rings. The zero-order valence-electron chi connectivity index (χ0n) is 15.3. The molecule has 0 N–H and O–H groups in total. The molecule has 3 aromatic rings. The molecule has 1 aromatic carbocycles. The number of thiazole rings is 1. The molecule has 0 unspecified atom stereocenters. The number of carbonyl (C=O) groups is 1. The summed E-state index contributed by atoms with van der Waals surface area (Å²) >= 11 is 1.28. The molecule has 0 aliphatic heterocycles. The Bertz CT molecular complexity index is 962. The van der Waals surface area contributed by atoms with Crippen LogP contribution in [0.5, 0.6) is 0 Å². The minimum atomic E-state index is -4.37. The van der Waals surface area contributed by atoms with Crippen LogP contribution in [0.1, 0.15) is 29.1 Å². The molecule has 0 atom stereocenters. The largest absolute Gasteiger partial charge is 0.459 e. The summed E-state index contributed by atoms with van der Waals surface area (Å²) in [6.07, 6.45) is -4.17. The molecule has 0 saturated heterocycles. The van der Waals surface area contributed by atoms with Gasteiger partial charge in [0.25, 0.3) is 0 Å². The van der Waals surface area contributed by atoms with Crippen LogP contribution >= 0.6 is 11.3 Å². The maximum atomic E-state index is 12.6. The molecule has 0 saturated carbocycles. The summed E-state index contributed by atoms with van der Waals surface area (Å²) < 4.78 is 44.9. The average Bonchev–Trinajstić information content (AvgIpc) is 3.23. The molecule has 0 bridgehead atoms. The quantitative estimate of drug-likeness (QED) is 0.550. The molecule has 28 heavy (non-hydrogen) atoms. The van der Waals surface area contributed by atoms with Gasteiger partial charge in [-0.2, -0.15) is 18.3 Å². The van der Waals surface area contributed by atoms with Crippen molar-refractivity contribution in [1.82, 2.24) is 14.8 Å². The van der Waals surface area contributed by atoms with Crippen LogP contribution in [0.15, 0.2) is 35.7 Å². The predicted octanol–water partition coefficient (Wildman–Crippen LogP) is 4.78. The van der Waals surface area contributed by atoms with E-state index >= 15 is 0 Å². The Morgan fingerprint density at radius 2 is 1.93 bits per heavy atom. The highest BCUT2D eigenvalue weighted by molar-refractivity contribution is 7.13. The van der Waals surface area contributed by atoms with Crippen LogP contribution in [0, 0.1) is 13.8 Å². The van der Waals surface area contributed by atoms with Gasteiger partial charge in [0, 0.05) is 16.6 Å². The van der Waals surface area contributed by atoms with Crippen LogP contribution in [0.2, 0.25) is 0 Å². The fraction of sp³-hybridized carbons (Fsp3) is 0.316. The molecule has 0 aliphatic rings. The molecule has 0 radical (unpaired) electrons. The lowest BCUT2D eigenvalue weighted by atomic mass is 10.1. The Morgan fingerprint density at radius 3 is 2.54 bits per heavy atom. The van der Waals surface area contributed by atoms with Gasteiger partial charge in [0.2, 0.25) is 0 Å². The van der Waals surface area contributed by atoms with Crippen molar-refractivity contribution in [2.24, 2.45) is 0 Å². The van der Waals surface area contributed by atoms with Crippen molar-refractivity contribution >= 4 is 17.3 Å². The Hall–Kier alpha value is -2.68. The summed E-state index contributed by atoms with van der Waals surface area (Å²) in [6, 6.07) is 6.74. The van der Waals surface area contributed by atoms with Crippen LogP contribution < -0.4 is 0 Å². The maximum Gasteiger partial charge on any atom is 0.416 e. The van der Waals surface area contributed by atoms with Gasteiger partial charge < -0.3 is 4.74 Å². The highest BCUT2D eigenvalue weighted by Gasteiger charge is 2.30. The first-order valence-corrected chi connectivity index (χ1v) is 9.39. The van der Waals surface area contributed by atoms with Crippen molar-refractivity contribution in [2.45, 2.75) is 39.6 Å². The van der Waals surface area contributed by atoms with Gasteiger partial charge in [0.05, 0.1) is 29.9 Å². The van der Waals surface area contributed by atoms with E-state index in [0.29, 0.717) is 22.8 Å². The molecule has 2 heterocycles. The van der Waals surface area contributed by atoms with Gasteiger partial charge in [0.15, 0.2) is 0 Å². The standard InChI is InChI=1S/C19H18F3N3O2S/c1-12-9-13(2)25(24-12)8-7-17(26)27-10-16-11-28-18(23-16)14-3-5-15(6-4-14)19(20,21)22/h3-6,9,11H,7-8,10H2,1-2H3. The highest BCUT2D eigenvalue weighted by atomic mass is 32.1. The third kappa shape index (κ3) is 4.98. The monoisotopic (exact) mass is 409 g/mol. The van der Waals surface area contributed by atoms with Gasteiger partial charge in [-0.25, -0.2) is 4.98 Å². The van der Waals surface area contributed by atoms with Crippen LogP contribution in [0.3, 0.4) is 0 Å². The minimum absolute atomic E-state index is 0.0209. The third-order valence-electron chi connectivity index (χ3n) is 4.02. The molecule has 2 aromatic heterocycles. The maximum absolute atomic E-state index is 12.6. The van der Waals surface area contributed by atoms with E-state index in [1.165, 1.54) is 23.5 Å². The van der Waals surface area contributed by atoms with Gasteiger partial charge in [-0.1, -0.05) is 12.1 Å². The number of aryl methyl sites for hydroxylation is 3. The van der Waals surface area contributed by atoms with E-state index in [0.717, 1.165) is 23.5 Å². The lowest BCUT2D eigenvalue weighted by Crippen LogP contribution is -2.11. The van der Waals surface area contributed by atoms with E-state index in [9.17, 15) is 18.0 Å². The second kappa shape index (κ2) is 8.14. The highest BCUT2D eigenvalue weighted by Crippen LogP contribution is 2.31. The van der Waals surface area contributed by atoms with Crippen molar-refractivity contribution in [3.63, 3.8) is 0 Å². The van der Waals surface area contributed by atoms with Crippen molar-refractivity contribution in [3.05, 3.63) is 58.4 Å². The Labute approximate surface area is 163 Å². The van der Waals surface area contributed by atoms with Crippen molar-refractivity contribution in [2.75, 3.05) is 0 Å². The van der Waals surface area contributed by atoms with Crippen LogP contribution in [0.25, 0.3) is 10.6 Å². The first-order valence-electron chi connectivity index (χ1n) is 8.51. The van der Waals surface area contributed by atoms with Gasteiger partial charge >= 0.3 is 12.1 Å². The fourth-order valence-corrected chi connectivity index (χ4v) is 3.44. The molecule has 5 nitrogen and oxygen atoms in total. The zero-order valence-corrected chi connectivity index (χ0v) is 16.1. The molecule has 0 spiro atoms. The van der Waals surface area contributed by atoms with E-state index < -0.39 is 11.7 Å². The number of hydrogen-bond acceptors (Lipinski definition) is 5. The second-order valence-electron chi connectivity index (χ2n) is 6.28. The first kappa shape index (κ1) is 20.1. The number of nitrogens with zero attached hydrogens (tertiary/aromatic N) is 3. The van der Waals surface area contributed by atoms with Gasteiger partial charge in [-0.3, -0.25) is 9.48 Å². The van der Waals surface area contributed by atoms with Gasteiger partial charge in [0.1, 0.15) is 11.6 Å². The van der Waals surface area contributed by atoms with E-state index in [1.54, 1.807) is 10.1 Å². The zero-order chi connectivity index (χ0) is 20.3. The molecule has 3 rings (SSSR count). The summed E-state index contributed by atoms with van der Waals surface area (Å²) in [4.78, 5) is 16.2. The van der Waals surface area contributed by atoms with Crippen LogP contribution in [-0.4, -0.2) is 20.7 Å². The molecule has 0 amide bonds. The number of aromatic nitrogens is 3. The Balaban J connectivity index is 1.53. The van der Waals surface area contributed by atoms with Gasteiger partial charge in [-0.15, -0.1) is 11.3 Å². The molecule has 148 valence electrons. The number of benzene rings is 1. The van der Waals surface area contributed by atoms with Crippen molar-refractivity contribution < 1.29 is 22.7 Å². The summed E-state index contributed by atoms with van der Waals surface area (Å²) in [5.74, 6) is -0.364. The summed E-state index contributed by atoms with van der Waals surface area (Å²) in [5, 5.41) is 6.58. The average molecular weight is 409 g/mol. The third-order valence-corrected chi connectivity index (χ3v) is 4.96. The number of rotatable bonds is 6. The SMILES string of the molecule is Cc1cc(C)n(CCC(=O)OCc2csc(-c3ccc(C(F)(F)F)cc3)n2)n1. The summed E-state index contributed by atoms with van der Waals surface area (Å²) in [5.41, 5.74) is 2.30. The second-order valence-corrected chi connectivity index (χ2v) is 7.14. The molecular weight excluding hydrogens is 391 g/mol. The lowest BCUT2D eigenvalue weighted by molar-refractivity contribution is -0.145. The lowest BCUT2D eigenvalue weighted by Gasteiger charge is -2.06. The van der Waals surface area contributed by atoms with E-state index in [-0.39, 0.29) is 19.0 Å². The van der Waals surface area contributed by atoms with E-state index in [2.05, 4.69) is 10.1 Å². The number of ether oxygens (including phenoxy) is 1. The number of alkyl halides is 3. The number of halogens is 3. The smallest absolute Gasteiger partial charge is 0.416 e. The number of hydrogen-bond donors (Lipinski definition) is 0. The minimum Gasteiger partial charge on any atom is -0.459 e. The first-order chi connectivity index (χ1) is 13.2. The predicted molar refractivity (Wildman–Crippen MR) is 98.7 cm³/mol. The molecule has 9 heteroatoms. The fourth-order valence-electron chi connectivity index (χ4n) is 2.63. The summed E-state index contributed by atoms with van der Waals surface area (Å²) in [7, 11) is 0. The normalized spacial score (nSPS) is 11.6. The summed E-state index contributed by atoms with van der Waals surface area (Å²) in [6.45, 7) is 4.27. The van der Waals surface area contributed by atoms with E-state index in [1.807, 2.05) is 19.9 Å². The molecular formula is C19H18F3N3O2S. The van der Waals surface area contributed by atoms with Gasteiger partial charge in [-0.05, 0) is 32.0 Å². The Morgan fingerprint density at radius 1 is 1.21 bits per heavy atom. The Kier molecular flexibility index (Phi) is 5.83. The number of carbonyl (C=O) groups excluding carboxylic acids is 1. The van der Waals surface area contributed by atoms with Crippen LogP contribution in [0.4, 0.5) is 13.2 Å². The molecule has 0 aliphatic carbocycles. The number of esters is 1. The van der Waals surface area contributed by atoms with Crippen molar-refractivity contribution in [3.8, 4) is 10.6 Å². The topological polar surface area (TPSA) is 57.0 Å². The van der Waals surface area contributed by atoms with E-state index in [4.69, 9.17) is 4.74 Å². The van der Waals surface area contributed by atoms with Crippen molar-refractivity contribution in [1.29, 1.82) is 0 Å².